The zero-order chi connectivity index (χ0) is 12.2. The number of aromatic nitrogens is 1. The van der Waals surface area contributed by atoms with Gasteiger partial charge in [0.15, 0.2) is 0 Å². The van der Waals surface area contributed by atoms with Crippen molar-refractivity contribution in [1.82, 2.24) is 9.88 Å². The van der Waals surface area contributed by atoms with Crippen molar-refractivity contribution in [3.63, 3.8) is 0 Å². The predicted molar refractivity (Wildman–Crippen MR) is 69.6 cm³/mol. The second kappa shape index (κ2) is 5.30. The van der Waals surface area contributed by atoms with Gasteiger partial charge in [0, 0.05) is 20.1 Å². The highest BCUT2D eigenvalue weighted by molar-refractivity contribution is 5.34. The second-order valence-corrected chi connectivity index (χ2v) is 5.50. The van der Waals surface area contributed by atoms with Gasteiger partial charge in [-0.3, -0.25) is 0 Å². The predicted octanol–water partition coefficient (Wildman–Crippen LogP) is 2.60. The molecule has 0 unspecified atom stereocenters. The van der Waals surface area contributed by atoms with E-state index in [1.807, 2.05) is 19.2 Å². The van der Waals surface area contributed by atoms with E-state index in [1.54, 1.807) is 0 Å². The number of anilines is 1. The first-order valence-electron chi connectivity index (χ1n) is 5.73. The van der Waals surface area contributed by atoms with Crippen molar-refractivity contribution in [2.45, 2.75) is 27.3 Å². The third-order valence-electron chi connectivity index (χ3n) is 2.24. The molecule has 1 N–H and O–H groups in total. The fourth-order valence-electron chi connectivity index (χ4n) is 1.85. The molecule has 0 aliphatic carbocycles. The maximum Gasteiger partial charge on any atom is 0.126 e. The van der Waals surface area contributed by atoms with Crippen molar-refractivity contribution in [3.05, 3.63) is 23.9 Å². The SMILES string of the molecule is CNc1cccc(CN(C)CC(C)(C)C)n1. The van der Waals surface area contributed by atoms with Crippen LogP contribution in [0.15, 0.2) is 18.2 Å². The zero-order valence-electron chi connectivity index (χ0n) is 11.0. The summed E-state index contributed by atoms with van der Waals surface area (Å²) >= 11 is 0. The standard InChI is InChI=1S/C13H23N3/c1-13(2,3)10-16(5)9-11-7-6-8-12(14-4)15-11/h6-8H,9-10H2,1-5H3,(H,14,15). The Morgan fingerprint density at radius 2 is 2.00 bits per heavy atom. The van der Waals surface area contributed by atoms with Crippen molar-refractivity contribution in [2.24, 2.45) is 5.41 Å². The summed E-state index contributed by atoms with van der Waals surface area (Å²) in [5.41, 5.74) is 1.44. The van der Waals surface area contributed by atoms with Gasteiger partial charge in [-0.05, 0) is 24.6 Å². The molecule has 0 saturated carbocycles. The Kier molecular flexibility index (Phi) is 4.30. The van der Waals surface area contributed by atoms with Crippen molar-refractivity contribution in [1.29, 1.82) is 0 Å². The molecule has 0 spiro atoms. The molecule has 3 nitrogen and oxygen atoms in total. The lowest BCUT2D eigenvalue weighted by molar-refractivity contribution is 0.219. The molecule has 0 fully saturated rings. The van der Waals surface area contributed by atoms with E-state index in [-0.39, 0.29) is 0 Å². The zero-order valence-corrected chi connectivity index (χ0v) is 11.0. The van der Waals surface area contributed by atoms with Crippen LogP contribution in [0.3, 0.4) is 0 Å². The summed E-state index contributed by atoms with van der Waals surface area (Å²) in [6.45, 7) is 8.72. The minimum Gasteiger partial charge on any atom is -0.373 e. The lowest BCUT2D eigenvalue weighted by Crippen LogP contribution is -2.29. The van der Waals surface area contributed by atoms with Gasteiger partial charge in [-0.2, -0.15) is 0 Å². The van der Waals surface area contributed by atoms with E-state index >= 15 is 0 Å². The summed E-state index contributed by atoms with van der Waals surface area (Å²) in [7, 11) is 4.03. The van der Waals surface area contributed by atoms with Crippen LogP contribution in [0.25, 0.3) is 0 Å². The lowest BCUT2D eigenvalue weighted by Gasteiger charge is -2.26. The van der Waals surface area contributed by atoms with Crippen molar-refractivity contribution >= 4 is 5.82 Å². The van der Waals surface area contributed by atoms with Crippen molar-refractivity contribution in [3.8, 4) is 0 Å². The minimum absolute atomic E-state index is 0.329. The topological polar surface area (TPSA) is 28.2 Å². The first-order chi connectivity index (χ1) is 7.40. The average Bonchev–Trinajstić information content (AvgIpc) is 2.15. The molecule has 0 aromatic carbocycles. The fourth-order valence-corrected chi connectivity index (χ4v) is 1.85. The Morgan fingerprint density at radius 1 is 1.31 bits per heavy atom. The van der Waals surface area contributed by atoms with Crippen molar-refractivity contribution in [2.75, 3.05) is 26.0 Å². The summed E-state index contributed by atoms with van der Waals surface area (Å²) in [5.74, 6) is 0.932. The molecule has 90 valence electrons. The summed E-state index contributed by atoms with van der Waals surface area (Å²) in [6.07, 6.45) is 0. The molecule has 1 rings (SSSR count). The molecular formula is C13H23N3. The van der Waals surface area contributed by atoms with E-state index < -0.39 is 0 Å². The summed E-state index contributed by atoms with van der Waals surface area (Å²) in [4.78, 5) is 6.82. The van der Waals surface area contributed by atoms with Gasteiger partial charge < -0.3 is 10.2 Å². The number of pyridine rings is 1. The molecule has 1 aromatic rings. The van der Waals surface area contributed by atoms with E-state index in [0.29, 0.717) is 5.41 Å². The lowest BCUT2D eigenvalue weighted by atomic mass is 9.96. The quantitative estimate of drug-likeness (QED) is 0.847. The van der Waals surface area contributed by atoms with Gasteiger partial charge in [0.1, 0.15) is 5.82 Å². The van der Waals surface area contributed by atoms with E-state index in [1.165, 1.54) is 0 Å². The van der Waals surface area contributed by atoms with E-state index in [2.05, 4.69) is 49.1 Å². The van der Waals surface area contributed by atoms with Gasteiger partial charge in [-0.25, -0.2) is 4.98 Å². The molecule has 3 heteroatoms. The Labute approximate surface area is 98.9 Å². The van der Waals surface area contributed by atoms with Crippen LogP contribution in [0.1, 0.15) is 26.5 Å². The van der Waals surface area contributed by atoms with E-state index in [9.17, 15) is 0 Å². The van der Waals surface area contributed by atoms with Crippen LogP contribution >= 0.6 is 0 Å². The van der Waals surface area contributed by atoms with Crippen LogP contribution in [0.5, 0.6) is 0 Å². The van der Waals surface area contributed by atoms with Crippen LogP contribution in [-0.2, 0) is 6.54 Å². The van der Waals surface area contributed by atoms with Gasteiger partial charge in [-0.15, -0.1) is 0 Å². The van der Waals surface area contributed by atoms with Crippen molar-refractivity contribution < 1.29 is 0 Å². The Bertz CT molecular complexity index is 328. The third-order valence-corrected chi connectivity index (χ3v) is 2.24. The fraction of sp³-hybridized carbons (Fsp3) is 0.615. The molecule has 16 heavy (non-hydrogen) atoms. The average molecular weight is 221 g/mol. The normalized spacial score (nSPS) is 11.9. The van der Waals surface area contributed by atoms with E-state index in [0.717, 1.165) is 24.6 Å². The maximum absolute atomic E-state index is 4.51. The molecule has 0 amide bonds. The summed E-state index contributed by atoms with van der Waals surface area (Å²) in [6, 6.07) is 6.09. The first kappa shape index (κ1) is 13.0. The van der Waals surface area contributed by atoms with Gasteiger partial charge in [0.2, 0.25) is 0 Å². The Balaban J connectivity index is 2.59. The minimum atomic E-state index is 0.329. The number of rotatable bonds is 4. The molecule has 0 aliphatic heterocycles. The third kappa shape index (κ3) is 4.62. The number of hydrogen-bond acceptors (Lipinski definition) is 3. The van der Waals surface area contributed by atoms with Gasteiger partial charge in [0.05, 0.1) is 5.69 Å². The highest BCUT2D eigenvalue weighted by atomic mass is 15.1. The number of nitrogens with zero attached hydrogens (tertiary/aromatic N) is 2. The molecule has 1 aromatic heterocycles. The van der Waals surface area contributed by atoms with Gasteiger partial charge in [-0.1, -0.05) is 26.8 Å². The molecule has 0 atom stereocenters. The largest absolute Gasteiger partial charge is 0.373 e. The molecule has 0 bridgehead atoms. The molecule has 0 radical (unpaired) electrons. The molecule has 0 aliphatic rings. The monoisotopic (exact) mass is 221 g/mol. The van der Waals surface area contributed by atoms with Gasteiger partial charge in [0.25, 0.3) is 0 Å². The molecule has 1 heterocycles. The summed E-state index contributed by atoms with van der Waals surface area (Å²) < 4.78 is 0. The number of hydrogen-bond donors (Lipinski definition) is 1. The Hall–Kier alpha value is -1.09. The van der Waals surface area contributed by atoms with Crippen LogP contribution in [0.4, 0.5) is 5.82 Å². The molecule has 0 saturated heterocycles. The van der Waals surface area contributed by atoms with Crippen LogP contribution in [-0.4, -0.2) is 30.5 Å². The van der Waals surface area contributed by atoms with Crippen LogP contribution in [0, 0.1) is 5.41 Å². The summed E-state index contributed by atoms with van der Waals surface area (Å²) in [5, 5.41) is 3.06. The number of nitrogens with one attached hydrogen (secondary N) is 1. The maximum atomic E-state index is 4.51. The molecular weight excluding hydrogens is 198 g/mol. The van der Waals surface area contributed by atoms with Crippen LogP contribution in [0.2, 0.25) is 0 Å². The first-order valence-corrected chi connectivity index (χ1v) is 5.73. The van der Waals surface area contributed by atoms with E-state index in [4.69, 9.17) is 0 Å². The van der Waals surface area contributed by atoms with Gasteiger partial charge >= 0.3 is 0 Å². The highest BCUT2D eigenvalue weighted by Gasteiger charge is 2.13. The van der Waals surface area contributed by atoms with Crippen LogP contribution < -0.4 is 5.32 Å². The Morgan fingerprint density at radius 3 is 2.56 bits per heavy atom. The highest BCUT2D eigenvalue weighted by Crippen LogP contribution is 2.15. The smallest absolute Gasteiger partial charge is 0.126 e. The second-order valence-electron chi connectivity index (χ2n) is 5.50.